The Morgan fingerprint density at radius 1 is 1.29 bits per heavy atom. The van der Waals surface area contributed by atoms with Crippen LogP contribution >= 0.6 is 0 Å². The molecule has 24 heavy (non-hydrogen) atoms. The Bertz CT molecular complexity index is 701. The summed E-state index contributed by atoms with van der Waals surface area (Å²) in [4.78, 5) is 25.2. The largest absolute Gasteiger partial charge is 0.370 e. The van der Waals surface area contributed by atoms with E-state index in [1.165, 1.54) is 12.1 Å². The number of primary amides is 1. The van der Waals surface area contributed by atoms with Gasteiger partial charge in [0, 0.05) is 26.1 Å². The average Bonchev–Trinajstić information content (AvgIpc) is 2.95. The predicted octanol–water partition coefficient (Wildman–Crippen LogP) is 0.251. The molecule has 1 atom stereocenters. The third kappa shape index (κ3) is 4.78. The SMILES string of the molecule is CCNS(=O)(=O)c1ccc(CC(=O)N2CCC(CC(N)=O)C2)cc1. The minimum absolute atomic E-state index is 0.0238. The number of hydrogen-bond donors (Lipinski definition) is 2. The van der Waals surface area contributed by atoms with Gasteiger partial charge in [0.15, 0.2) is 0 Å². The number of likely N-dealkylation sites (tertiary alicyclic amines) is 1. The van der Waals surface area contributed by atoms with Gasteiger partial charge < -0.3 is 10.6 Å². The molecule has 1 unspecified atom stereocenters. The molecular formula is C16H23N3O4S. The van der Waals surface area contributed by atoms with E-state index >= 15 is 0 Å². The number of carbonyl (C=O) groups excluding carboxylic acids is 2. The standard InChI is InChI=1S/C16H23N3O4S/c1-2-18-24(22,23)14-5-3-12(4-6-14)10-16(21)19-8-7-13(11-19)9-15(17)20/h3-6,13,18H,2,7-11H2,1H3,(H2,17,20). The van der Waals surface area contributed by atoms with Crippen LogP contribution in [0.15, 0.2) is 29.2 Å². The zero-order chi connectivity index (χ0) is 17.7. The van der Waals surface area contributed by atoms with E-state index in [0.717, 1.165) is 12.0 Å². The Balaban J connectivity index is 1.94. The van der Waals surface area contributed by atoms with Crippen molar-refractivity contribution in [2.24, 2.45) is 11.7 Å². The quantitative estimate of drug-likeness (QED) is 0.732. The zero-order valence-corrected chi connectivity index (χ0v) is 14.5. The molecule has 3 N–H and O–H groups in total. The highest BCUT2D eigenvalue weighted by Crippen LogP contribution is 2.20. The molecule has 0 bridgehead atoms. The minimum atomic E-state index is -3.48. The normalized spacial score (nSPS) is 17.9. The Morgan fingerprint density at radius 2 is 1.96 bits per heavy atom. The first-order chi connectivity index (χ1) is 11.3. The zero-order valence-electron chi connectivity index (χ0n) is 13.7. The van der Waals surface area contributed by atoms with E-state index in [9.17, 15) is 18.0 Å². The molecule has 1 aromatic rings. The molecule has 0 aliphatic carbocycles. The summed E-state index contributed by atoms with van der Waals surface area (Å²) >= 11 is 0. The lowest BCUT2D eigenvalue weighted by Gasteiger charge is -2.16. The number of rotatable bonds is 7. The lowest BCUT2D eigenvalue weighted by Crippen LogP contribution is -2.30. The first-order valence-corrected chi connectivity index (χ1v) is 9.45. The van der Waals surface area contributed by atoms with Crippen LogP contribution in [0.4, 0.5) is 0 Å². The molecule has 7 nitrogen and oxygen atoms in total. The van der Waals surface area contributed by atoms with Gasteiger partial charge in [0.2, 0.25) is 21.8 Å². The van der Waals surface area contributed by atoms with Gasteiger partial charge in [-0.05, 0) is 30.0 Å². The summed E-state index contributed by atoms with van der Waals surface area (Å²) in [6, 6.07) is 6.30. The number of hydrogen-bond acceptors (Lipinski definition) is 4. The van der Waals surface area contributed by atoms with Crippen LogP contribution in [0.2, 0.25) is 0 Å². The second kappa shape index (κ2) is 7.76. The van der Waals surface area contributed by atoms with Gasteiger partial charge in [-0.1, -0.05) is 19.1 Å². The van der Waals surface area contributed by atoms with Crippen LogP contribution in [0.3, 0.4) is 0 Å². The maximum atomic E-state index is 12.3. The maximum absolute atomic E-state index is 12.3. The maximum Gasteiger partial charge on any atom is 0.240 e. The van der Waals surface area contributed by atoms with E-state index in [-0.39, 0.29) is 29.0 Å². The summed E-state index contributed by atoms with van der Waals surface area (Å²) in [6.07, 6.45) is 1.31. The molecule has 1 aliphatic rings. The summed E-state index contributed by atoms with van der Waals surface area (Å²) in [6.45, 7) is 3.22. The molecule has 0 radical (unpaired) electrons. The van der Waals surface area contributed by atoms with Gasteiger partial charge in [-0.15, -0.1) is 0 Å². The second-order valence-electron chi connectivity index (χ2n) is 5.99. The number of nitrogens with two attached hydrogens (primary N) is 1. The highest BCUT2D eigenvalue weighted by atomic mass is 32.2. The van der Waals surface area contributed by atoms with Crippen LogP contribution < -0.4 is 10.5 Å². The van der Waals surface area contributed by atoms with Crippen molar-refractivity contribution in [3.05, 3.63) is 29.8 Å². The van der Waals surface area contributed by atoms with Crippen molar-refractivity contribution >= 4 is 21.8 Å². The van der Waals surface area contributed by atoms with Crippen molar-refractivity contribution in [2.75, 3.05) is 19.6 Å². The van der Waals surface area contributed by atoms with Crippen molar-refractivity contribution in [2.45, 2.75) is 31.1 Å². The van der Waals surface area contributed by atoms with Crippen LogP contribution in [0, 0.1) is 5.92 Å². The van der Waals surface area contributed by atoms with Gasteiger partial charge in [-0.2, -0.15) is 0 Å². The minimum Gasteiger partial charge on any atom is -0.370 e. The summed E-state index contributed by atoms with van der Waals surface area (Å²) < 4.78 is 26.2. The molecule has 0 aromatic heterocycles. The number of nitrogens with zero attached hydrogens (tertiary/aromatic N) is 1. The molecule has 8 heteroatoms. The number of benzene rings is 1. The Morgan fingerprint density at radius 3 is 2.54 bits per heavy atom. The number of amides is 2. The highest BCUT2D eigenvalue weighted by Gasteiger charge is 2.27. The monoisotopic (exact) mass is 353 g/mol. The third-order valence-electron chi connectivity index (χ3n) is 4.05. The molecule has 132 valence electrons. The lowest BCUT2D eigenvalue weighted by molar-refractivity contribution is -0.129. The fraction of sp³-hybridized carbons (Fsp3) is 0.500. The molecular weight excluding hydrogens is 330 g/mol. The second-order valence-corrected chi connectivity index (χ2v) is 7.75. The van der Waals surface area contributed by atoms with Crippen molar-refractivity contribution in [3.8, 4) is 0 Å². The first-order valence-electron chi connectivity index (χ1n) is 7.96. The average molecular weight is 353 g/mol. The van der Waals surface area contributed by atoms with E-state index < -0.39 is 10.0 Å². The number of sulfonamides is 1. The van der Waals surface area contributed by atoms with Gasteiger partial charge in [0.25, 0.3) is 0 Å². The molecule has 2 amide bonds. The van der Waals surface area contributed by atoms with E-state index in [1.54, 1.807) is 24.0 Å². The van der Waals surface area contributed by atoms with Crippen molar-refractivity contribution in [1.82, 2.24) is 9.62 Å². The molecule has 0 spiro atoms. The van der Waals surface area contributed by atoms with Crippen LogP contribution in [0.1, 0.15) is 25.3 Å². The number of carbonyl (C=O) groups is 2. The molecule has 1 fully saturated rings. The first kappa shape index (κ1) is 18.4. The highest BCUT2D eigenvalue weighted by molar-refractivity contribution is 7.89. The molecule has 2 rings (SSSR count). The molecule has 1 aromatic carbocycles. The fourth-order valence-corrected chi connectivity index (χ4v) is 3.90. The third-order valence-corrected chi connectivity index (χ3v) is 5.61. The number of nitrogens with one attached hydrogen (secondary N) is 1. The smallest absolute Gasteiger partial charge is 0.240 e. The van der Waals surface area contributed by atoms with Crippen LogP contribution in [-0.4, -0.2) is 44.8 Å². The molecule has 1 heterocycles. The molecule has 1 saturated heterocycles. The van der Waals surface area contributed by atoms with Gasteiger partial charge in [-0.25, -0.2) is 13.1 Å². The summed E-state index contributed by atoms with van der Waals surface area (Å²) in [7, 11) is -3.48. The van der Waals surface area contributed by atoms with E-state index in [0.29, 0.717) is 26.1 Å². The van der Waals surface area contributed by atoms with Gasteiger partial charge in [0.05, 0.1) is 11.3 Å². The van der Waals surface area contributed by atoms with Gasteiger partial charge in [0.1, 0.15) is 0 Å². The van der Waals surface area contributed by atoms with Gasteiger partial charge >= 0.3 is 0 Å². The molecule has 0 saturated carbocycles. The lowest BCUT2D eigenvalue weighted by atomic mass is 10.1. The van der Waals surface area contributed by atoms with E-state index in [2.05, 4.69) is 4.72 Å². The summed E-state index contributed by atoms with van der Waals surface area (Å²) in [5.41, 5.74) is 5.95. The summed E-state index contributed by atoms with van der Waals surface area (Å²) in [5.74, 6) is -0.227. The van der Waals surface area contributed by atoms with Crippen molar-refractivity contribution in [3.63, 3.8) is 0 Å². The van der Waals surface area contributed by atoms with E-state index in [4.69, 9.17) is 5.73 Å². The predicted molar refractivity (Wildman–Crippen MR) is 89.5 cm³/mol. The Labute approximate surface area is 142 Å². The summed E-state index contributed by atoms with van der Waals surface area (Å²) in [5, 5.41) is 0. The van der Waals surface area contributed by atoms with Crippen molar-refractivity contribution in [1.29, 1.82) is 0 Å². The topological polar surface area (TPSA) is 110 Å². The van der Waals surface area contributed by atoms with Crippen molar-refractivity contribution < 1.29 is 18.0 Å². The van der Waals surface area contributed by atoms with Gasteiger partial charge in [-0.3, -0.25) is 9.59 Å². The van der Waals surface area contributed by atoms with E-state index in [1.807, 2.05) is 0 Å². The van der Waals surface area contributed by atoms with Crippen LogP contribution in [-0.2, 0) is 26.0 Å². The fourth-order valence-electron chi connectivity index (χ4n) is 2.86. The Kier molecular flexibility index (Phi) is 5.95. The molecule has 1 aliphatic heterocycles. The van der Waals surface area contributed by atoms with Crippen LogP contribution in [0.25, 0.3) is 0 Å². The van der Waals surface area contributed by atoms with Crippen LogP contribution in [0.5, 0.6) is 0 Å². The Hall–Kier alpha value is -1.93.